The monoisotopic (exact) mass is 283 g/mol. The lowest BCUT2D eigenvalue weighted by Gasteiger charge is -2.45. The van der Waals surface area contributed by atoms with E-state index in [1.165, 1.54) is 0 Å². The number of amides is 2. The van der Waals surface area contributed by atoms with Crippen LogP contribution in [0.4, 0.5) is 0 Å². The number of carbonyl (C=O) groups is 2. The standard InChI is InChI=1S/C14H25N3O3/c1-5-15-11-9-20-8-10(11)12(18)17-7-6-16(4)13(19)14(17,2)3/h10-11,15H,5-9H2,1-4H3. The molecule has 0 aromatic carbocycles. The Kier molecular flexibility index (Phi) is 4.34. The van der Waals surface area contributed by atoms with E-state index in [9.17, 15) is 9.59 Å². The van der Waals surface area contributed by atoms with Gasteiger partial charge in [0.2, 0.25) is 11.8 Å². The van der Waals surface area contributed by atoms with Crippen molar-refractivity contribution in [1.82, 2.24) is 15.1 Å². The van der Waals surface area contributed by atoms with E-state index in [0.717, 1.165) is 6.54 Å². The number of rotatable bonds is 3. The van der Waals surface area contributed by atoms with E-state index < -0.39 is 5.54 Å². The van der Waals surface area contributed by atoms with Crippen LogP contribution in [0.1, 0.15) is 20.8 Å². The number of ether oxygens (including phenoxy) is 1. The first kappa shape index (κ1) is 15.3. The van der Waals surface area contributed by atoms with E-state index in [4.69, 9.17) is 4.74 Å². The molecule has 1 N–H and O–H groups in total. The summed E-state index contributed by atoms with van der Waals surface area (Å²) < 4.78 is 5.45. The predicted molar refractivity (Wildman–Crippen MR) is 75.2 cm³/mol. The third-order valence-corrected chi connectivity index (χ3v) is 4.33. The highest BCUT2D eigenvalue weighted by molar-refractivity contribution is 5.92. The summed E-state index contributed by atoms with van der Waals surface area (Å²) in [6.45, 7) is 8.64. The molecule has 2 aliphatic rings. The van der Waals surface area contributed by atoms with Gasteiger partial charge in [-0.1, -0.05) is 6.92 Å². The van der Waals surface area contributed by atoms with E-state index in [0.29, 0.717) is 26.3 Å². The molecule has 0 aliphatic carbocycles. The number of hydrogen-bond acceptors (Lipinski definition) is 4. The number of nitrogens with one attached hydrogen (secondary N) is 1. The Morgan fingerprint density at radius 2 is 2.10 bits per heavy atom. The van der Waals surface area contributed by atoms with Crippen LogP contribution in [0, 0.1) is 5.92 Å². The SMILES string of the molecule is CCNC1COCC1C(=O)N1CCN(C)C(=O)C1(C)C. The van der Waals surface area contributed by atoms with Crippen LogP contribution in [0.5, 0.6) is 0 Å². The minimum Gasteiger partial charge on any atom is -0.379 e. The van der Waals surface area contributed by atoms with Crippen LogP contribution in [0.15, 0.2) is 0 Å². The molecule has 0 saturated carbocycles. The Morgan fingerprint density at radius 3 is 2.75 bits per heavy atom. The Balaban J connectivity index is 2.14. The molecule has 0 bridgehead atoms. The van der Waals surface area contributed by atoms with E-state index in [-0.39, 0.29) is 23.8 Å². The fraction of sp³-hybridized carbons (Fsp3) is 0.857. The van der Waals surface area contributed by atoms with Crippen molar-refractivity contribution in [3.63, 3.8) is 0 Å². The number of piperazine rings is 1. The highest BCUT2D eigenvalue weighted by atomic mass is 16.5. The maximum absolute atomic E-state index is 12.8. The lowest BCUT2D eigenvalue weighted by Crippen LogP contribution is -2.65. The topological polar surface area (TPSA) is 61.9 Å². The first-order chi connectivity index (χ1) is 9.39. The van der Waals surface area contributed by atoms with Gasteiger partial charge in [-0.25, -0.2) is 0 Å². The molecule has 2 fully saturated rings. The lowest BCUT2D eigenvalue weighted by molar-refractivity contribution is -0.159. The van der Waals surface area contributed by atoms with Gasteiger partial charge in [-0.15, -0.1) is 0 Å². The van der Waals surface area contributed by atoms with Crippen LogP contribution in [0.3, 0.4) is 0 Å². The molecule has 2 saturated heterocycles. The molecule has 2 atom stereocenters. The molecule has 2 heterocycles. The zero-order valence-electron chi connectivity index (χ0n) is 12.8. The summed E-state index contributed by atoms with van der Waals surface area (Å²) in [4.78, 5) is 28.5. The molecule has 114 valence electrons. The molecule has 20 heavy (non-hydrogen) atoms. The molecule has 6 nitrogen and oxygen atoms in total. The lowest BCUT2D eigenvalue weighted by atomic mass is 9.93. The molecule has 0 radical (unpaired) electrons. The van der Waals surface area contributed by atoms with E-state index in [2.05, 4.69) is 5.32 Å². The van der Waals surface area contributed by atoms with Gasteiger partial charge >= 0.3 is 0 Å². The summed E-state index contributed by atoms with van der Waals surface area (Å²) in [6.07, 6.45) is 0. The fourth-order valence-corrected chi connectivity index (χ4v) is 3.06. The van der Waals surface area contributed by atoms with E-state index in [1.54, 1.807) is 16.8 Å². The number of hydrogen-bond donors (Lipinski definition) is 1. The number of nitrogens with zero attached hydrogens (tertiary/aromatic N) is 2. The molecule has 0 aromatic rings. The predicted octanol–water partition coefficient (Wildman–Crippen LogP) is -0.310. The first-order valence-electron chi connectivity index (χ1n) is 7.27. The quantitative estimate of drug-likeness (QED) is 0.772. The highest BCUT2D eigenvalue weighted by Crippen LogP contribution is 2.26. The molecular formula is C14H25N3O3. The summed E-state index contributed by atoms with van der Waals surface area (Å²) in [5, 5.41) is 3.29. The van der Waals surface area contributed by atoms with Gasteiger partial charge in [0, 0.05) is 26.2 Å². The molecule has 2 aliphatic heterocycles. The summed E-state index contributed by atoms with van der Waals surface area (Å²) >= 11 is 0. The molecule has 6 heteroatoms. The van der Waals surface area contributed by atoms with Crippen molar-refractivity contribution >= 4 is 11.8 Å². The second-order valence-corrected chi connectivity index (χ2v) is 6.08. The Morgan fingerprint density at radius 1 is 1.40 bits per heavy atom. The van der Waals surface area contributed by atoms with E-state index >= 15 is 0 Å². The third kappa shape index (κ3) is 2.54. The molecule has 2 unspecified atom stereocenters. The van der Waals surface area contributed by atoms with Gasteiger partial charge in [-0.2, -0.15) is 0 Å². The maximum atomic E-state index is 12.8. The summed E-state index contributed by atoms with van der Waals surface area (Å²) in [6, 6.07) is 0.0538. The normalized spacial score (nSPS) is 29.9. The van der Waals surface area contributed by atoms with Crippen molar-refractivity contribution in [2.75, 3.05) is 39.9 Å². The zero-order chi connectivity index (χ0) is 14.9. The average molecular weight is 283 g/mol. The Bertz CT molecular complexity index is 397. The van der Waals surface area contributed by atoms with Crippen LogP contribution in [-0.4, -0.2) is 73.1 Å². The Labute approximate surface area is 120 Å². The maximum Gasteiger partial charge on any atom is 0.247 e. The van der Waals surface area contributed by atoms with Crippen molar-refractivity contribution in [2.24, 2.45) is 5.92 Å². The summed E-state index contributed by atoms with van der Waals surface area (Å²) in [5.74, 6) is -0.165. The van der Waals surface area contributed by atoms with Gasteiger partial charge in [-0.05, 0) is 20.4 Å². The minimum atomic E-state index is -0.774. The molecular weight excluding hydrogens is 258 g/mol. The molecule has 0 spiro atoms. The van der Waals surface area contributed by atoms with Gasteiger partial charge in [-0.3, -0.25) is 9.59 Å². The van der Waals surface area contributed by atoms with Crippen LogP contribution >= 0.6 is 0 Å². The third-order valence-electron chi connectivity index (χ3n) is 4.33. The second-order valence-electron chi connectivity index (χ2n) is 6.08. The molecule has 2 amide bonds. The zero-order valence-corrected chi connectivity index (χ0v) is 12.8. The van der Waals surface area contributed by atoms with Gasteiger partial charge in [0.1, 0.15) is 5.54 Å². The van der Waals surface area contributed by atoms with Crippen LogP contribution in [0.2, 0.25) is 0 Å². The number of likely N-dealkylation sites (N-methyl/N-ethyl adjacent to an activating group) is 2. The van der Waals surface area contributed by atoms with Crippen molar-refractivity contribution in [2.45, 2.75) is 32.4 Å². The van der Waals surface area contributed by atoms with Crippen LogP contribution in [0.25, 0.3) is 0 Å². The number of carbonyl (C=O) groups excluding carboxylic acids is 2. The second kappa shape index (κ2) is 5.69. The van der Waals surface area contributed by atoms with Crippen molar-refractivity contribution in [3.8, 4) is 0 Å². The van der Waals surface area contributed by atoms with Crippen molar-refractivity contribution in [1.29, 1.82) is 0 Å². The van der Waals surface area contributed by atoms with Gasteiger partial charge in [0.15, 0.2) is 0 Å². The largest absolute Gasteiger partial charge is 0.379 e. The highest BCUT2D eigenvalue weighted by Gasteiger charge is 2.46. The van der Waals surface area contributed by atoms with Gasteiger partial charge < -0.3 is 19.9 Å². The smallest absolute Gasteiger partial charge is 0.247 e. The van der Waals surface area contributed by atoms with Crippen LogP contribution < -0.4 is 5.32 Å². The van der Waals surface area contributed by atoms with Gasteiger partial charge in [0.25, 0.3) is 0 Å². The minimum absolute atomic E-state index is 0.00369. The van der Waals surface area contributed by atoms with Crippen molar-refractivity contribution < 1.29 is 14.3 Å². The fourth-order valence-electron chi connectivity index (χ4n) is 3.06. The van der Waals surface area contributed by atoms with Gasteiger partial charge in [0.05, 0.1) is 19.1 Å². The average Bonchev–Trinajstić information content (AvgIpc) is 2.84. The van der Waals surface area contributed by atoms with Crippen LogP contribution in [-0.2, 0) is 14.3 Å². The molecule has 2 rings (SSSR count). The molecule has 0 aromatic heterocycles. The summed E-state index contributed by atoms with van der Waals surface area (Å²) in [5.41, 5.74) is -0.774. The van der Waals surface area contributed by atoms with Crippen molar-refractivity contribution in [3.05, 3.63) is 0 Å². The van der Waals surface area contributed by atoms with E-state index in [1.807, 2.05) is 20.8 Å². The Hall–Kier alpha value is -1.14. The first-order valence-corrected chi connectivity index (χ1v) is 7.27. The summed E-state index contributed by atoms with van der Waals surface area (Å²) in [7, 11) is 1.78.